The molecule has 2 N–H and O–H groups in total. The zero-order valence-electron chi connectivity index (χ0n) is 11.6. The summed E-state index contributed by atoms with van der Waals surface area (Å²) in [7, 11) is -3.53. The lowest BCUT2D eigenvalue weighted by Gasteiger charge is -2.16. The topological polar surface area (TPSA) is 76.3 Å². The molecule has 5 nitrogen and oxygen atoms in total. The van der Waals surface area contributed by atoms with E-state index in [1.807, 2.05) is 0 Å². The number of nitrogen functional groups attached to an aromatic ring is 1. The van der Waals surface area contributed by atoms with E-state index in [2.05, 4.69) is 9.88 Å². The predicted molar refractivity (Wildman–Crippen MR) is 82.0 cm³/mol. The molecule has 0 aliphatic carbocycles. The van der Waals surface area contributed by atoms with Crippen molar-refractivity contribution in [3.63, 3.8) is 0 Å². The second-order valence-electron chi connectivity index (χ2n) is 5.12. The van der Waals surface area contributed by atoms with E-state index in [1.165, 1.54) is 18.2 Å². The van der Waals surface area contributed by atoms with Crippen molar-refractivity contribution in [3.8, 4) is 0 Å². The van der Waals surface area contributed by atoms with Gasteiger partial charge in [0.2, 0.25) is 9.84 Å². The quantitative estimate of drug-likeness (QED) is 0.879. The minimum absolute atomic E-state index is 0.246. The zero-order valence-corrected chi connectivity index (χ0v) is 12.4. The monoisotopic (exact) mass is 303 g/mol. The highest BCUT2D eigenvalue weighted by atomic mass is 32.2. The van der Waals surface area contributed by atoms with Gasteiger partial charge in [-0.05, 0) is 49.2 Å². The summed E-state index contributed by atoms with van der Waals surface area (Å²) in [4.78, 5) is 6.91. The molecule has 0 radical (unpaired) electrons. The third-order valence-corrected chi connectivity index (χ3v) is 5.42. The summed E-state index contributed by atoms with van der Waals surface area (Å²) >= 11 is 0. The van der Waals surface area contributed by atoms with Crippen molar-refractivity contribution in [3.05, 3.63) is 42.6 Å². The van der Waals surface area contributed by atoms with Gasteiger partial charge in [-0.25, -0.2) is 13.4 Å². The van der Waals surface area contributed by atoms with Crippen LogP contribution in [0.2, 0.25) is 0 Å². The standard InChI is InChI=1S/C15H17N3O2S/c16-12-3-5-13(6-4-12)21(19,20)14-7-8-17-15(11-14)18-9-1-2-10-18/h3-8,11H,1-2,9-10,16H2. The van der Waals surface area contributed by atoms with Crippen LogP contribution in [0.1, 0.15) is 12.8 Å². The van der Waals surface area contributed by atoms with Crippen LogP contribution in [0.3, 0.4) is 0 Å². The molecule has 0 bridgehead atoms. The number of sulfone groups is 1. The normalized spacial score (nSPS) is 15.3. The van der Waals surface area contributed by atoms with Crippen molar-refractivity contribution in [1.29, 1.82) is 0 Å². The number of hydrogen-bond donors (Lipinski definition) is 1. The number of anilines is 2. The van der Waals surface area contributed by atoms with Crippen LogP contribution in [0.15, 0.2) is 52.4 Å². The zero-order chi connectivity index (χ0) is 14.9. The summed E-state index contributed by atoms with van der Waals surface area (Å²) in [5.74, 6) is 0.726. The molecule has 2 aromatic rings. The summed E-state index contributed by atoms with van der Waals surface area (Å²) in [6, 6.07) is 9.43. The highest BCUT2D eigenvalue weighted by molar-refractivity contribution is 7.91. The lowest BCUT2D eigenvalue weighted by molar-refractivity contribution is 0.596. The van der Waals surface area contributed by atoms with Gasteiger partial charge >= 0.3 is 0 Å². The fourth-order valence-electron chi connectivity index (χ4n) is 2.47. The minimum atomic E-state index is -3.53. The van der Waals surface area contributed by atoms with Crippen LogP contribution in [-0.2, 0) is 9.84 Å². The van der Waals surface area contributed by atoms with Crippen molar-refractivity contribution in [2.24, 2.45) is 0 Å². The average molecular weight is 303 g/mol. The number of hydrogen-bond acceptors (Lipinski definition) is 5. The molecule has 0 atom stereocenters. The Hall–Kier alpha value is -2.08. The Labute approximate surface area is 124 Å². The number of nitrogens with zero attached hydrogens (tertiary/aromatic N) is 2. The fraction of sp³-hybridized carbons (Fsp3) is 0.267. The van der Waals surface area contributed by atoms with Gasteiger partial charge in [-0.1, -0.05) is 0 Å². The highest BCUT2D eigenvalue weighted by Crippen LogP contribution is 2.25. The molecule has 6 heteroatoms. The van der Waals surface area contributed by atoms with Gasteiger partial charge in [0.05, 0.1) is 9.79 Å². The molecule has 1 aliphatic heterocycles. The lowest BCUT2D eigenvalue weighted by atomic mass is 10.3. The SMILES string of the molecule is Nc1ccc(S(=O)(=O)c2ccnc(N3CCCC3)c2)cc1. The Morgan fingerprint density at radius 3 is 2.33 bits per heavy atom. The summed E-state index contributed by atoms with van der Waals surface area (Å²) in [6.45, 7) is 1.86. The molecule has 110 valence electrons. The minimum Gasteiger partial charge on any atom is -0.399 e. The third-order valence-electron chi connectivity index (χ3n) is 3.65. The van der Waals surface area contributed by atoms with E-state index in [-0.39, 0.29) is 9.79 Å². The van der Waals surface area contributed by atoms with Crippen molar-refractivity contribution in [1.82, 2.24) is 4.98 Å². The van der Waals surface area contributed by atoms with Crippen LogP contribution < -0.4 is 10.6 Å². The van der Waals surface area contributed by atoms with Crippen molar-refractivity contribution >= 4 is 21.3 Å². The lowest BCUT2D eigenvalue weighted by Crippen LogP contribution is -2.19. The molecule has 0 saturated carbocycles. The second-order valence-corrected chi connectivity index (χ2v) is 7.07. The maximum Gasteiger partial charge on any atom is 0.206 e. The maximum atomic E-state index is 12.6. The second kappa shape index (κ2) is 5.37. The van der Waals surface area contributed by atoms with Gasteiger partial charge in [-0.3, -0.25) is 0 Å². The average Bonchev–Trinajstić information content (AvgIpc) is 3.02. The maximum absolute atomic E-state index is 12.6. The molecule has 0 spiro atoms. The number of aromatic nitrogens is 1. The van der Waals surface area contributed by atoms with Gasteiger partial charge in [-0.2, -0.15) is 0 Å². The van der Waals surface area contributed by atoms with Gasteiger partial charge in [0.25, 0.3) is 0 Å². The molecule has 2 heterocycles. The Bertz CT molecular complexity index is 736. The molecule has 0 amide bonds. The first kappa shape index (κ1) is 13.9. The van der Waals surface area contributed by atoms with Crippen LogP contribution in [0.5, 0.6) is 0 Å². The van der Waals surface area contributed by atoms with Gasteiger partial charge in [0.1, 0.15) is 5.82 Å². The van der Waals surface area contributed by atoms with Crippen LogP contribution in [0.4, 0.5) is 11.5 Å². The molecule has 1 aromatic carbocycles. The predicted octanol–water partition coefficient (Wildman–Crippen LogP) is 2.10. The van der Waals surface area contributed by atoms with E-state index in [0.29, 0.717) is 5.69 Å². The molecular weight excluding hydrogens is 286 g/mol. The first-order chi connectivity index (χ1) is 10.1. The molecule has 21 heavy (non-hydrogen) atoms. The fourth-order valence-corrected chi connectivity index (χ4v) is 3.74. The molecule has 1 fully saturated rings. The van der Waals surface area contributed by atoms with Crippen molar-refractivity contribution in [2.75, 3.05) is 23.7 Å². The smallest absolute Gasteiger partial charge is 0.206 e. The Morgan fingerprint density at radius 1 is 1.00 bits per heavy atom. The van der Waals surface area contributed by atoms with Crippen LogP contribution >= 0.6 is 0 Å². The first-order valence-electron chi connectivity index (χ1n) is 6.89. The summed E-state index contributed by atoms with van der Waals surface area (Å²) in [5, 5.41) is 0. The highest BCUT2D eigenvalue weighted by Gasteiger charge is 2.20. The van der Waals surface area contributed by atoms with Crippen molar-refractivity contribution in [2.45, 2.75) is 22.6 Å². The Kier molecular flexibility index (Phi) is 3.55. The van der Waals surface area contributed by atoms with E-state index in [0.717, 1.165) is 31.7 Å². The number of nitrogens with two attached hydrogens (primary N) is 1. The van der Waals surface area contributed by atoms with Gasteiger partial charge in [-0.15, -0.1) is 0 Å². The largest absolute Gasteiger partial charge is 0.399 e. The Morgan fingerprint density at radius 2 is 1.67 bits per heavy atom. The van der Waals surface area contributed by atoms with E-state index in [1.54, 1.807) is 24.4 Å². The molecule has 1 aromatic heterocycles. The Balaban J connectivity index is 1.98. The molecule has 3 rings (SSSR count). The van der Waals surface area contributed by atoms with E-state index in [4.69, 9.17) is 5.73 Å². The molecular formula is C15H17N3O2S. The van der Waals surface area contributed by atoms with Crippen LogP contribution in [0, 0.1) is 0 Å². The van der Waals surface area contributed by atoms with E-state index >= 15 is 0 Å². The number of pyridine rings is 1. The van der Waals surface area contributed by atoms with E-state index in [9.17, 15) is 8.42 Å². The summed E-state index contributed by atoms with van der Waals surface area (Å²) < 4.78 is 25.3. The summed E-state index contributed by atoms with van der Waals surface area (Å²) in [5.41, 5.74) is 6.15. The number of rotatable bonds is 3. The van der Waals surface area contributed by atoms with Gasteiger partial charge in [0.15, 0.2) is 0 Å². The number of benzene rings is 1. The van der Waals surface area contributed by atoms with Crippen LogP contribution in [0.25, 0.3) is 0 Å². The summed E-state index contributed by atoms with van der Waals surface area (Å²) in [6.07, 6.45) is 3.80. The van der Waals surface area contributed by atoms with Crippen LogP contribution in [-0.4, -0.2) is 26.5 Å². The first-order valence-corrected chi connectivity index (χ1v) is 8.37. The molecule has 0 unspecified atom stereocenters. The molecule has 1 saturated heterocycles. The van der Waals surface area contributed by atoms with Crippen molar-refractivity contribution < 1.29 is 8.42 Å². The van der Waals surface area contributed by atoms with E-state index < -0.39 is 9.84 Å². The van der Waals surface area contributed by atoms with Gasteiger partial charge < -0.3 is 10.6 Å². The van der Waals surface area contributed by atoms with Gasteiger partial charge in [0, 0.05) is 25.0 Å². The molecule has 1 aliphatic rings. The third kappa shape index (κ3) is 2.71.